The number of para-hydroxylation sites is 1. The van der Waals surface area contributed by atoms with E-state index in [0.717, 1.165) is 0 Å². The number of aromatic amines is 1. The average Bonchev–Trinajstić information content (AvgIpc) is 3.05. The Morgan fingerprint density at radius 2 is 1.83 bits per heavy atom. The van der Waals surface area contributed by atoms with Gasteiger partial charge < -0.3 is 15.6 Å². The van der Waals surface area contributed by atoms with Gasteiger partial charge in [-0.05, 0) is 30.3 Å². The molecule has 1 amide bonds. The lowest BCUT2D eigenvalue weighted by Gasteiger charge is -2.06. The number of rotatable bonds is 4. The minimum atomic E-state index is -0.719. The van der Waals surface area contributed by atoms with Crippen LogP contribution in [0.3, 0.4) is 0 Å². The van der Waals surface area contributed by atoms with Gasteiger partial charge in [0.25, 0.3) is 5.91 Å². The number of pyridine rings is 1. The largest absolute Gasteiger partial charge is 0.324 e. The second-order valence-corrected chi connectivity index (χ2v) is 7.22. The van der Waals surface area contributed by atoms with Crippen LogP contribution in [0.2, 0.25) is 15.1 Å². The molecule has 0 aliphatic carbocycles. The molecule has 0 aliphatic rings. The molecule has 0 radical (unpaired) electrons. The van der Waals surface area contributed by atoms with Gasteiger partial charge in [-0.2, -0.15) is 0 Å². The van der Waals surface area contributed by atoms with Gasteiger partial charge in [-0.25, -0.2) is 14.4 Å². The van der Waals surface area contributed by atoms with Crippen LogP contribution in [0.15, 0.2) is 48.7 Å². The number of H-pyrrole nitrogens is 1. The second-order valence-electron chi connectivity index (χ2n) is 5.97. The third-order valence-electron chi connectivity index (χ3n) is 3.99. The van der Waals surface area contributed by atoms with Crippen molar-refractivity contribution in [2.24, 2.45) is 0 Å². The van der Waals surface area contributed by atoms with E-state index in [9.17, 15) is 9.18 Å². The third-order valence-corrected chi connectivity index (χ3v) is 4.85. The zero-order valence-electron chi connectivity index (χ0n) is 14.4. The van der Waals surface area contributed by atoms with E-state index in [2.05, 4.69) is 25.6 Å². The molecule has 4 rings (SSSR count). The normalized spacial score (nSPS) is 10.9. The molecule has 2 aromatic heterocycles. The van der Waals surface area contributed by atoms with Gasteiger partial charge in [-0.15, -0.1) is 0 Å². The number of nitrogens with one attached hydrogen (secondary N) is 3. The van der Waals surface area contributed by atoms with Crippen molar-refractivity contribution in [3.05, 3.63) is 75.1 Å². The summed E-state index contributed by atoms with van der Waals surface area (Å²) < 4.78 is 14.5. The summed E-state index contributed by atoms with van der Waals surface area (Å²) >= 11 is 18.2. The zero-order valence-corrected chi connectivity index (χ0v) is 16.7. The first-order valence-electron chi connectivity index (χ1n) is 8.24. The molecule has 0 unspecified atom stereocenters. The number of fused-ring (bicyclic) bond motifs is 1. The highest BCUT2D eigenvalue weighted by atomic mass is 35.5. The molecule has 0 atom stereocenters. The van der Waals surface area contributed by atoms with Crippen LogP contribution in [0.1, 0.15) is 10.4 Å². The second kappa shape index (κ2) is 7.87. The Balaban J connectivity index is 1.64. The molecule has 10 heteroatoms. The highest BCUT2D eigenvalue weighted by molar-refractivity contribution is 6.39. The van der Waals surface area contributed by atoms with Crippen molar-refractivity contribution in [2.45, 2.75) is 0 Å². The van der Waals surface area contributed by atoms with Crippen molar-refractivity contribution < 1.29 is 9.18 Å². The fourth-order valence-corrected chi connectivity index (χ4v) is 3.31. The van der Waals surface area contributed by atoms with Crippen LogP contribution in [0.4, 0.5) is 21.8 Å². The number of hydrogen-bond donors (Lipinski definition) is 3. The van der Waals surface area contributed by atoms with E-state index in [-0.39, 0.29) is 11.4 Å². The summed E-state index contributed by atoms with van der Waals surface area (Å²) in [6.07, 6.45) is 1.43. The Morgan fingerprint density at radius 3 is 2.55 bits per heavy atom. The number of aromatic nitrogens is 3. The minimum Gasteiger partial charge on any atom is -0.324 e. The van der Waals surface area contributed by atoms with E-state index in [1.54, 1.807) is 24.3 Å². The van der Waals surface area contributed by atoms with Crippen molar-refractivity contribution in [1.29, 1.82) is 0 Å². The highest BCUT2D eigenvalue weighted by Gasteiger charge is 2.17. The van der Waals surface area contributed by atoms with E-state index in [1.807, 2.05) is 0 Å². The highest BCUT2D eigenvalue weighted by Crippen LogP contribution is 2.32. The predicted octanol–water partition coefficient (Wildman–Crippen LogP) is 6.05. The summed E-state index contributed by atoms with van der Waals surface area (Å²) in [5.74, 6) is -0.892. The minimum absolute atomic E-state index is 0.187. The smallest absolute Gasteiger partial charge is 0.259 e. The monoisotopic (exact) mass is 449 g/mol. The molecule has 0 aliphatic heterocycles. The number of anilines is 3. The zero-order chi connectivity index (χ0) is 20.5. The average molecular weight is 451 g/mol. The maximum absolute atomic E-state index is 14.5. The van der Waals surface area contributed by atoms with Crippen LogP contribution < -0.4 is 10.6 Å². The fraction of sp³-hybridized carbons (Fsp3) is 0. The molecule has 146 valence electrons. The van der Waals surface area contributed by atoms with Crippen molar-refractivity contribution in [3.63, 3.8) is 0 Å². The lowest BCUT2D eigenvalue weighted by atomic mass is 10.1. The van der Waals surface area contributed by atoms with Crippen molar-refractivity contribution in [3.8, 4) is 0 Å². The van der Waals surface area contributed by atoms with E-state index >= 15 is 0 Å². The number of benzene rings is 2. The van der Waals surface area contributed by atoms with Crippen LogP contribution in [0.25, 0.3) is 11.0 Å². The van der Waals surface area contributed by atoms with Crippen molar-refractivity contribution in [2.75, 3.05) is 10.6 Å². The molecular weight excluding hydrogens is 440 g/mol. The number of carbonyl (C=O) groups excluding carboxylic acids is 1. The molecular formula is C19H11Cl3FN5O. The van der Waals surface area contributed by atoms with E-state index < -0.39 is 11.7 Å². The molecule has 0 bridgehead atoms. The molecule has 0 saturated carbocycles. The first kappa shape index (κ1) is 19.4. The van der Waals surface area contributed by atoms with Crippen LogP contribution >= 0.6 is 34.8 Å². The molecule has 4 aromatic rings. The molecule has 2 heterocycles. The van der Waals surface area contributed by atoms with Gasteiger partial charge in [0.1, 0.15) is 11.6 Å². The Kier molecular flexibility index (Phi) is 5.27. The summed E-state index contributed by atoms with van der Waals surface area (Å²) in [4.78, 5) is 23.7. The SMILES string of the molecule is O=C(Nc1cc(Cl)ccn1)c1cc2nc(Nc3c(Cl)cccc3Cl)[nH]c2cc1F. The molecule has 6 nitrogen and oxygen atoms in total. The first-order chi connectivity index (χ1) is 13.9. The van der Waals surface area contributed by atoms with Gasteiger partial charge in [0, 0.05) is 17.3 Å². The van der Waals surface area contributed by atoms with E-state index in [4.69, 9.17) is 34.8 Å². The Labute approximate surface area is 179 Å². The standard InChI is InChI=1S/C19H11Cl3FN5O/c20-9-4-5-24-16(6-9)27-18(29)10-7-14-15(8-13(10)23)26-19(25-14)28-17-11(21)2-1-3-12(17)22/h1-8H,(H,24,27,29)(H2,25,26,28). The topological polar surface area (TPSA) is 82.7 Å². The summed E-state index contributed by atoms with van der Waals surface area (Å²) in [5, 5.41) is 6.67. The van der Waals surface area contributed by atoms with Crippen LogP contribution in [-0.2, 0) is 0 Å². The van der Waals surface area contributed by atoms with Crippen molar-refractivity contribution in [1.82, 2.24) is 15.0 Å². The van der Waals surface area contributed by atoms with Crippen LogP contribution in [0, 0.1) is 5.82 Å². The van der Waals surface area contributed by atoms with E-state index in [1.165, 1.54) is 24.4 Å². The van der Waals surface area contributed by atoms with Gasteiger partial charge >= 0.3 is 0 Å². The molecule has 29 heavy (non-hydrogen) atoms. The Morgan fingerprint density at radius 1 is 1.07 bits per heavy atom. The quantitative estimate of drug-likeness (QED) is 0.353. The van der Waals surface area contributed by atoms with Crippen LogP contribution in [0.5, 0.6) is 0 Å². The van der Waals surface area contributed by atoms with Gasteiger partial charge in [-0.1, -0.05) is 40.9 Å². The summed E-state index contributed by atoms with van der Waals surface area (Å²) in [6, 6.07) is 10.6. The Bertz CT molecular complexity index is 1220. The van der Waals surface area contributed by atoms with Gasteiger partial charge in [0.05, 0.1) is 32.3 Å². The Hall–Kier alpha value is -2.87. The lowest BCUT2D eigenvalue weighted by molar-refractivity contribution is 0.102. The predicted molar refractivity (Wildman–Crippen MR) is 113 cm³/mol. The molecule has 0 fully saturated rings. The number of halogens is 4. The first-order valence-corrected chi connectivity index (χ1v) is 9.37. The van der Waals surface area contributed by atoms with Gasteiger partial charge in [-0.3, -0.25) is 4.79 Å². The van der Waals surface area contributed by atoms with E-state index in [0.29, 0.717) is 37.7 Å². The molecule has 3 N–H and O–H groups in total. The lowest BCUT2D eigenvalue weighted by Crippen LogP contribution is -2.14. The number of amides is 1. The number of hydrogen-bond acceptors (Lipinski definition) is 4. The number of imidazole rings is 1. The maximum Gasteiger partial charge on any atom is 0.259 e. The van der Waals surface area contributed by atoms with Gasteiger partial charge in [0.2, 0.25) is 5.95 Å². The fourth-order valence-electron chi connectivity index (χ4n) is 2.66. The molecule has 2 aromatic carbocycles. The summed E-state index contributed by atoms with van der Waals surface area (Å²) in [7, 11) is 0. The molecule has 0 saturated heterocycles. The summed E-state index contributed by atoms with van der Waals surface area (Å²) in [5.41, 5.74) is 1.04. The number of carbonyl (C=O) groups is 1. The van der Waals surface area contributed by atoms with Gasteiger partial charge in [0.15, 0.2) is 0 Å². The van der Waals surface area contributed by atoms with Crippen LogP contribution in [-0.4, -0.2) is 20.9 Å². The maximum atomic E-state index is 14.5. The number of nitrogens with zero attached hydrogens (tertiary/aromatic N) is 2. The third kappa shape index (κ3) is 4.12. The van der Waals surface area contributed by atoms with Crippen molar-refractivity contribution >= 4 is 69.2 Å². The molecule has 0 spiro atoms. The summed E-state index contributed by atoms with van der Waals surface area (Å²) in [6.45, 7) is 0.